The quantitative estimate of drug-likeness (QED) is 0.763. The van der Waals surface area contributed by atoms with E-state index in [2.05, 4.69) is 13.8 Å². The van der Waals surface area contributed by atoms with Gasteiger partial charge >= 0.3 is 0 Å². The zero-order valence-corrected chi connectivity index (χ0v) is 11.9. The van der Waals surface area contributed by atoms with Gasteiger partial charge in [0, 0.05) is 0 Å². The number of hydrogen-bond donors (Lipinski definition) is 1. The van der Waals surface area contributed by atoms with E-state index in [9.17, 15) is 0 Å². The highest BCUT2D eigenvalue weighted by atomic mass is 15.2. The summed E-state index contributed by atoms with van der Waals surface area (Å²) >= 11 is 0. The van der Waals surface area contributed by atoms with E-state index in [-0.39, 0.29) is 0 Å². The summed E-state index contributed by atoms with van der Waals surface area (Å²) in [7, 11) is 0. The SMILES string of the molecule is CC1CC2C3C4C5CC6(CN)C5C45C6C4C(C)C12C345. The van der Waals surface area contributed by atoms with E-state index >= 15 is 0 Å². The van der Waals surface area contributed by atoms with Crippen LogP contribution in [0.4, 0.5) is 0 Å². The maximum atomic E-state index is 6.26. The molecule has 8 aliphatic carbocycles. The van der Waals surface area contributed by atoms with Gasteiger partial charge in [0.05, 0.1) is 0 Å². The van der Waals surface area contributed by atoms with E-state index in [1.807, 2.05) is 0 Å². The lowest BCUT2D eigenvalue weighted by atomic mass is 8.84. The Morgan fingerprint density at radius 2 is 1.89 bits per heavy atom. The normalized spacial score (nSPS) is 95.2. The average molecular weight is 253 g/mol. The summed E-state index contributed by atoms with van der Waals surface area (Å²) in [5, 5.41) is 0. The Morgan fingerprint density at radius 1 is 1.05 bits per heavy atom. The van der Waals surface area contributed by atoms with Gasteiger partial charge in [-0.1, -0.05) is 13.8 Å². The van der Waals surface area contributed by atoms with Crippen LogP contribution >= 0.6 is 0 Å². The van der Waals surface area contributed by atoms with Gasteiger partial charge in [0.15, 0.2) is 0 Å². The number of fused-ring (bicyclic) bond motifs is 5. The largest absolute Gasteiger partial charge is 0.330 e. The van der Waals surface area contributed by atoms with Gasteiger partial charge in [0.25, 0.3) is 0 Å². The fourth-order valence-corrected chi connectivity index (χ4v) is 12.8. The van der Waals surface area contributed by atoms with Crippen LogP contribution in [-0.2, 0) is 0 Å². The average Bonchev–Trinajstić information content (AvgIpc) is 2.33. The van der Waals surface area contributed by atoms with Crippen molar-refractivity contribution in [3.63, 3.8) is 0 Å². The van der Waals surface area contributed by atoms with E-state index in [0.717, 1.165) is 52.4 Å². The van der Waals surface area contributed by atoms with Gasteiger partial charge in [-0.05, 0) is 94.3 Å². The predicted molar refractivity (Wildman–Crippen MR) is 70.8 cm³/mol. The number of nitrogens with two attached hydrogens (primary N) is 1. The van der Waals surface area contributed by atoms with E-state index in [4.69, 9.17) is 5.73 Å². The molecule has 1 nitrogen and oxygen atoms in total. The molecule has 0 aromatic heterocycles. The number of hydrogen-bond acceptors (Lipinski definition) is 1. The first-order chi connectivity index (χ1) is 9.18. The molecule has 0 aromatic rings. The Labute approximate surface area is 114 Å². The van der Waals surface area contributed by atoms with Gasteiger partial charge in [-0.25, -0.2) is 0 Å². The molecule has 8 rings (SSSR count). The lowest BCUT2D eigenvalue weighted by Gasteiger charge is -3.20. The van der Waals surface area contributed by atoms with Crippen molar-refractivity contribution in [1.82, 2.24) is 0 Å². The topological polar surface area (TPSA) is 26.0 Å². The summed E-state index contributed by atoms with van der Waals surface area (Å²) in [6, 6.07) is 0. The number of rotatable bonds is 1. The summed E-state index contributed by atoms with van der Waals surface area (Å²) in [5.41, 5.74) is 9.71. The molecule has 100 valence electrons. The van der Waals surface area contributed by atoms with Crippen LogP contribution < -0.4 is 5.73 Å². The Morgan fingerprint density at radius 3 is 2.63 bits per heavy atom. The lowest BCUT2D eigenvalue weighted by Crippen LogP contribution is -3.17. The highest BCUT2D eigenvalue weighted by Crippen LogP contribution is 3.19. The minimum Gasteiger partial charge on any atom is -0.330 e. The molecule has 8 fully saturated rings. The van der Waals surface area contributed by atoms with Crippen molar-refractivity contribution in [1.29, 1.82) is 0 Å². The first-order valence-electron chi connectivity index (χ1n) is 8.88. The second-order valence-electron chi connectivity index (χ2n) is 10.1. The van der Waals surface area contributed by atoms with Crippen molar-refractivity contribution < 1.29 is 0 Å². The molecule has 19 heavy (non-hydrogen) atoms. The van der Waals surface area contributed by atoms with E-state index in [1.165, 1.54) is 23.7 Å². The molecule has 0 heterocycles. The third-order valence-corrected chi connectivity index (χ3v) is 11.7. The van der Waals surface area contributed by atoms with E-state index < -0.39 is 0 Å². The van der Waals surface area contributed by atoms with Gasteiger partial charge in [0.2, 0.25) is 0 Å². The minimum atomic E-state index is 0.690. The van der Waals surface area contributed by atoms with Crippen LogP contribution in [0, 0.1) is 74.9 Å². The van der Waals surface area contributed by atoms with Crippen molar-refractivity contribution in [2.75, 3.05) is 6.54 Å². The van der Waals surface area contributed by atoms with Crippen LogP contribution in [0.2, 0.25) is 0 Å². The first kappa shape index (κ1) is 9.07. The maximum Gasteiger partial charge on any atom is -0.00145 e. The minimum absolute atomic E-state index is 0.690. The zero-order valence-electron chi connectivity index (χ0n) is 11.9. The molecule has 0 saturated heterocycles. The molecular weight excluding hydrogens is 230 g/mol. The molecule has 1 heteroatoms. The first-order valence-corrected chi connectivity index (χ1v) is 8.88. The highest BCUT2D eigenvalue weighted by molar-refractivity contribution is 5.63. The van der Waals surface area contributed by atoms with Crippen molar-refractivity contribution in [2.45, 2.75) is 26.7 Å². The van der Waals surface area contributed by atoms with E-state index in [0.29, 0.717) is 5.41 Å². The van der Waals surface area contributed by atoms with Gasteiger partial charge in [-0.3, -0.25) is 0 Å². The third-order valence-electron chi connectivity index (χ3n) is 11.7. The summed E-state index contributed by atoms with van der Waals surface area (Å²) in [6.07, 6.45) is 3.15. The van der Waals surface area contributed by atoms with Crippen LogP contribution in [0.15, 0.2) is 0 Å². The molecular formula is C18H23N. The fourth-order valence-electron chi connectivity index (χ4n) is 12.8. The molecule has 0 aromatic carbocycles. The Balaban J connectivity index is 1.40. The molecule has 0 amide bonds. The second kappa shape index (κ2) is 1.77. The van der Waals surface area contributed by atoms with Gasteiger partial charge < -0.3 is 5.73 Å². The molecule has 3 spiro atoms. The smallest absolute Gasteiger partial charge is 0.00145 e. The van der Waals surface area contributed by atoms with Crippen LogP contribution in [0.5, 0.6) is 0 Å². The maximum absolute atomic E-state index is 6.26. The standard InChI is InChI=1S/C18H23N/c1-6-3-9-12-11-8-4-15(5-19)13(8)17(11)14(15)10-7(2)16(6,9)18(10,12)17/h6-14H,3-5,19H2,1-2H3. The van der Waals surface area contributed by atoms with Crippen molar-refractivity contribution in [2.24, 2.45) is 80.7 Å². The highest BCUT2D eigenvalue weighted by Gasteiger charge is 3.17. The van der Waals surface area contributed by atoms with Gasteiger partial charge in [0.1, 0.15) is 0 Å². The van der Waals surface area contributed by atoms with Crippen molar-refractivity contribution in [3.05, 3.63) is 0 Å². The molecule has 8 aliphatic rings. The summed E-state index contributed by atoms with van der Waals surface area (Å²) < 4.78 is 0. The van der Waals surface area contributed by atoms with Crippen molar-refractivity contribution in [3.8, 4) is 0 Å². The molecule has 0 aliphatic heterocycles. The summed E-state index contributed by atoms with van der Waals surface area (Å²) in [4.78, 5) is 0. The van der Waals surface area contributed by atoms with Crippen LogP contribution in [0.1, 0.15) is 26.7 Å². The molecule has 13 atom stereocenters. The Kier molecular flexibility index (Phi) is 0.847. The molecule has 0 bridgehead atoms. The molecule has 2 N–H and O–H groups in total. The van der Waals surface area contributed by atoms with Gasteiger partial charge in [-0.15, -0.1) is 0 Å². The Hall–Kier alpha value is -0.0400. The van der Waals surface area contributed by atoms with Crippen molar-refractivity contribution >= 4 is 0 Å². The Bertz CT molecular complexity index is 619. The van der Waals surface area contributed by atoms with E-state index in [1.54, 1.807) is 12.8 Å². The monoisotopic (exact) mass is 253 g/mol. The molecule has 13 unspecified atom stereocenters. The molecule has 0 radical (unpaired) electrons. The van der Waals surface area contributed by atoms with Crippen LogP contribution in [0.3, 0.4) is 0 Å². The summed E-state index contributed by atoms with van der Waals surface area (Å²) in [6.45, 7) is 6.27. The summed E-state index contributed by atoms with van der Waals surface area (Å²) in [5.74, 6) is 10.4. The second-order valence-corrected chi connectivity index (χ2v) is 10.1. The zero-order chi connectivity index (χ0) is 12.3. The lowest BCUT2D eigenvalue weighted by molar-refractivity contribution is -0.737. The predicted octanol–water partition coefficient (Wildman–Crippen LogP) is 2.37. The van der Waals surface area contributed by atoms with Gasteiger partial charge in [-0.2, -0.15) is 0 Å². The fraction of sp³-hybridized carbons (Fsp3) is 1.00. The van der Waals surface area contributed by atoms with Crippen LogP contribution in [-0.4, -0.2) is 6.54 Å². The van der Waals surface area contributed by atoms with Crippen LogP contribution in [0.25, 0.3) is 0 Å². The molecule has 8 saturated carbocycles. The third kappa shape index (κ3) is 0.352.